The number of carbonyl (C=O) groups is 3. The Kier molecular flexibility index (Phi) is 11.0. The number of para-hydroxylation sites is 1. The van der Waals surface area contributed by atoms with Crippen LogP contribution < -0.4 is 20.0 Å². The van der Waals surface area contributed by atoms with Crippen molar-refractivity contribution < 1.29 is 24.6 Å². The van der Waals surface area contributed by atoms with Crippen molar-refractivity contribution >= 4 is 50.7 Å². The summed E-state index contributed by atoms with van der Waals surface area (Å²) in [7, 11) is 0. The van der Waals surface area contributed by atoms with Crippen LogP contribution in [0.2, 0.25) is 0 Å². The van der Waals surface area contributed by atoms with Crippen LogP contribution >= 0.6 is 15.9 Å². The molecule has 7 rings (SSSR count). The minimum Gasteiger partial charge on any atom is -0.395 e. The highest BCUT2D eigenvalue weighted by Crippen LogP contribution is 2.47. The molecule has 0 bridgehead atoms. The van der Waals surface area contributed by atoms with Crippen molar-refractivity contribution in [3.05, 3.63) is 136 Å². The Morgan fingerprint density at radius 1 is 0.907 bits per heavy atom. The summed E-state index contributed by atoms with van der Waals surface area (Å²) in [5, 5.41) is 25.2. The number of hydrogen-bond acceptors (Lipinski definition) is 7. The molecular weight excluding hydrogens is 746 g/mol. The molecule has 10 nitrogen and oxygen atoms in total. The number of piperidine rings is 1. The largest absolute Gasteiger partial charge is 0.395 e. The lowest BCUT2D eigenvalue weighted by atomic mass is 9.83. The molecule has 3 N–H and O–H groups in total. The molecule has 2 fully saturated rings. The van der Waals surface area contributed by atoms with Crippen molar-refractivity contribution in [2.75, 3.05) is 47.6 Å². The smallest absolute Gasteiger partial charge is 0.264 e. The molecule has 4 aromatic carbocycles. The molecule has 0 unspecified atom stereocenters. The van der Waals surface area contributed by atoms with Crippen LogP contribution in [-0.2, 0) is 33.1 Å². The number of nitrogens with one attached hydrogen (secondary N) is 1. The summed E-state index contributed by atoms with van der Waals surface area (Å²) in [6.45, 7) is 4.43. The average molecular weight is 793 g/mol. The summed E-state index contributed by atoms with van der Waals surface area (Å²) >= 11 is 3.52. The van der Waals surface area contributed by atoms with E-state index in [9.17, 15) is 24.6 Å². The second-order valence-electron chi connectivity index (χ2n) is 14.4. The summed E-state index contributed by atoms with van der Waals surface area (Å²) in [4.78, 5) is 48.9. The molecule has 3 amide bonds. The Morgan fingerprint density at radius 3 is 2.28 bits per heavy atom. The van der Waals surface area contributed by atoms with Crippen molar-refractivity contribution in [1.82, 2.24) is 10.2 Å². The number of aliphatic hydroxyl groups excluding tert-OH is 1. The van der Waals surface area contributed by atoms with Crippen LogP contribution in [0.5, 0.6) is 0 Å². The highest BCUT2D eigenvalue weighted by atomic mass is 79.9. The number of benzene rings is 4. The number of amides is 3. The van der Waals surface area contributed by atoms with Crippen LogP contribution in [0.15, 0.2) is 120 Å². The van der Waals surface area contributed by atoms with Gasteiger partial charge in [-0.15, -0.1) is 0 Å². The zero-order valence-corrected chi connectivity index (χ0v) is 32.0. The van der Waals surface area contributed by atoms with E-state index in [-0.39, 0.29) is 37.9 Å². The minimum absolute atomic E-state index is 0.0590. The first-order valence-corrected chi connectivity index (χ1v) is 19.3. The predicted molar refractivity (Wildman–Crippen MR) is 214 cm³/mol. The van der Waals surface area contributed by atoms with E-state index < -0.39 is 23.0 Å². The molecule has 11 heteroatoms. The number of aliphatic hydroxyl groups is 2. The summed E-state index contributed by atoms with van der Waals surface area (Å²) in [5.74, 6) is -1.17. The molecule has 1 spiro atoms. The molecule has 0 radical (unpaired) electrons. The van der Waals surface area contributed by atoms with Gasteiger partial charge in [-0.1, -0.05) is 95.7 Å². The molecule has 0 saturated carbocycles. The van der Waals surface area contributed by atoms with Gasteiger partial charge in [0, 0.05) is 46.8 Å². The first-order chi connectivity index (χ1) is 26.2. The van der Waals surface area contributed by atoms with Gasteiger partial charge in [0.15, 0.2) is 5.60 Å². The van der Waals surface area contributed by atoms with Gasteiger partial charge >= 0.3 is 0 Å². The Labute approximate surface area is 324 Å². The fourth-order valence-electron chi connectivity index (χ4n) is 8.07. The number of fused-ring (bicyclic) bond motifs is 1. The summed E-state index contributed by atoms with van der Waals surface area (Å²) in [6.07, 6.45) is 4.93. The van der Waals surface area contributed by atoms with Crippen molar-refractivity contribution in [3.8, 4) is 0 Å². The second kappa shape index (κ2) is 15.9. The van der Waals surface area contributed by atoms with Gasteiger partial charge in [0.1, 0.15) is 5.54 Å². The zero-order valence-electron chi connectivity index (χ0n) is 30.4. The van der Waals surface area contributed by atoms with E-state index in [1.807, 2.05) is 89.8 Å². The van der Waals surface area contributed by atoms with Crippen molar-refractivity contribution in [1.29, 1.82) is 0 Å². The normalized spacial score (nSPS) is 19.9. The van der Waals surface area contributed by atoms with Gasteiger partial charge in [-0.3, -0.25) is 19.3 Å². The number of rotatable bonds is 12. The van der Waals surface area contributed by atoms with E-state index in [0.717, 1.165) is 52.9 Å². The quantitative estimate of drug-likeness (QED) is 0.157. The highest BCUT2D eigenvalue weighted by molar-refractivity contribution is 9.10. The lowest BCUT2D eigenvalue weighted by molar-refractivity contribution is -0.139. The number of halogens is 1. The van der Waals surface area contributed by atoms with Gasteiger partial charge in [-0.2, -0.15) is 0 Å². The lowest BCUT2D eigenvalue weighted by Crippen LogP contribution is -2.55. The summed E-state index contributed by atoms with van der Waals surface area (Å²) < 4.78 is 0.733. The first kappa shape index (κ1) is 37.5. The fourth-order valence-corrected chi connectivity index (χ4v) is 8.43. The van der Waals surface area contributed by atoms with E-state index in [4.69, 9.17) is 0 Å². The molecule has 4 aromatic rings. The maximum Gasteiger partial charge on any atom is 0.264 e. The molecule has 3 aliphatic heterocycles. The third-order valence-corrected chi connectivity index (χ3v) is 11.6. The standard InChI is InChI=1S/C43H46BrN5O5/c1-31(9-8-14-39(51)46(25-26-50)28-32-10-4-2-5-11-32)43(54)37-27-34(44)17-20-38(37)47(41(43)53)29-33-15-18-35(19-16-33)48-30-49(36-12-6-3-7-13-36)42(40(48)52)21-23-45-24-22-42/h2-13,15-20,27,31,45,50,54H,14,21-26,28-30H2,1H3/b9-8+/t31-,43+/m0/s1. The number of carbonyl (C=O) groups excluding carboxylic acids is 3. The van der Waals surface area contributed by atoms with Crippen LogP contribution in [0, 0.1) is 5.92 Å². The fraction of sp³-hybridized carbons (Fsp3) is 0.326. The van der Waals surface area contributed by atoms with Crippen molar-refractivity contribution in [2.24, 2.45) is 5.92 Å². The molecule has 0 aliphatic carbocycles. The van der Waals surface area contributed by atoms with Gasteiger partial charge in [-0.05, 0) is 79.5 Å². The van der Waals surface area contributed by atoms with Gasteiger partial charge in [0.25, 0.3) is 11.8 Å². The average Bonchev–Trinajstić information content (AvgIpc) is 3.58. The Morgan fingerprint density at radius 2 is 1.59 bits per heavy atom. The van der Waals surface area contributed by atoms with E-state index in [0.29, 0.717) is 24.5 Å². The van der Waals surface area contributed by atoms with Crippen molar-refractivity contribution in [3.63, 3.8) is 0 Å². The van der Waals surface area contributed by atoms with E-state index >= 15 is 0 Å². The first-order valence-electron chi connectivity index (χ1n) is 18.5. The summed E-state index contributed by atoms with van der Waals surface area (Å²) in [6, 6.07) is 32.9. The van der Waals surface area contributed by atoms with E-state index in [1.165, 1.54) is 0 Å². The van der Waals surface area contributed by atoms with E-state index in [2.05, 4.69) is 38.3 Å². The van der Waals surface area contributed by atoms with Crippen LogP contribution in [0.3, 0.4) is 0 Å². The molecule has 54 heavy (non-hydrogen) atoms. The molecule has 0 aromatic heterocycles. The third-order valence-electron chi connectivity index (χ3n) is 11.1. The Bertz CT molecular complexity index is 2000. The maximum atomic E-state index is 14.3. The van der Waals surface area contributed by atoms with Crippen molar-refractivity contribution in [2.45, 2.75) is 50.4 Å². The highest BCUT2D eigenvalue weighted by Gasteiger charge is 2.54. The van der Waals surface area contributed by atoms with Crippen LogP contribution in [0.4, 0.5) is 17.1 Å². The minimum atomic E-state index is -1.86. The lowest BCUT2D eigenvalue weighted by Gasteiger charge is -2.39. The predicted octanol–water partition coefficient (Wildman–Crippen LogP) is 5.72. The number of nitrogens with zero attached hydrogens (tertiary/aromatic N) is 4. The number of anilines is 3. The van der Waals surface area contributed by atoms with Crippen LogP contribution in [-0.4, -0.2) is 71.3 Å². The maximum absolute atomic E-state index is 14.3. The molecule has 280 valence electrons. The second-order valence-corrected chi connectivity index (χ2v) is 15.3. The van der Waals surface area contributed by atoms with Gasteiger partial charge < -0.3 is 30.2 Å². The zero-order chi connectivity index (χ0) is 37.9. The van der Waals surface area contributed by atoms with Gasteiger partial charge in [0.2, 0.25) is 5.91 Å². The SMILES string of the molecule is C[C@@H](/C=C/CC(=O)N(CCO)Cc1ccccc1)[C@]1(O)C(=O)N(Cc2ccc(N3CN(c4ccccc4)C4(CCNCC4)C3=O)cc2)c2ccc(Br)cc21. The topological polar surface area (TPSA) is 117 Å². The Hall–Kier alpha value is -4.81. The molecule has 3 aliphatic rings. The third kappa shape index (κ3) is 7.09. The molecular formula is C43H46BrN5O5. The number of hydrogen-bond donors (Lipinski definition) is 3. The van der Waals surface area contributed by atoms with Crippen LogP contribution in [0.25, 0.3) is 0 Å². The van der Waals surface area contributed by atoms with Gasteiger partial charge in [-0.25, -0.2) is 0 Å². The molecule has 2 saturated heterocycles. The van der Waals surface area contributed by atoms with Gasteiger partial charge in [0.05, 0.1) is 25.5 Å². The monoisotopic (exact) mass is 791 g/mol. The Balaban J connectivity index is 1.07. The van der Waals surface area contributed by atoms with Crippen LogP contribution in [0.1, 0.15) is 42.9 Å². The van der Waals surface area contributed by atoms with E-state index in [1.54, 1.807) is 34.9 Å². The summed E-state index contributed by atoms with van der Waals surface area (Å²) in [5.41, 5.74) is 2.28. The molecule has 3 heterocycles. The molecule has 2 atom stereocenters.